The van der Waals surface area contributed by atoms with Crippen LogP contribution < -0.4 is 5.32 Å². The summed E-state index contributed by atoms with van der Waals surface area (Å²) in [5.74, 6) is 0.483. The van der Waals surface area contributed by atoms with Crippen molar-refractivity contribution in [3.05, 3.63) is 0 Å². The van der Waals surface area contributed by atoms with Gasteiger partial charge in [0, 0.05) is 17.3 Å². The molecule has 0 aliphatic heterocycles. The Bertz CT molecular complexity index is 199. The van der Waals surface area contributed by atoms with Crippen LogP contribution in [0.5, 0.6) is 0 Å². The fourth-order valence-corrected chi connectivity index (χ4v) is 2.09. The summed E-state index contributed by atoms with van der Waals surface area (Å²) in [6, 6.07) is 0.295. The molecule has 0 saturated heterocycles. The molecule has 3 heteroatoms. The van der Waals surface area contributed by atoms with Crippen LogP contribution in [0.25, 0.3) is 0 Å². The van der Waals surface area contributed by atoms with E-state index in [1.54, 1.807) is 0 Å². The lowest BCUT2D eigenvalue weighted by molar-refractivity contribution is -0.123. The first-order valence-electron chi connectivity index (χ1n) is 4.87. The van der Waals surface area contributed by atoms with E-state index in [0.717, 1.165) is 18.2 Å². The number of alkyl halides is 1. The molecule has 1 aliphatic rings. The second-order valence-electron chi connectivity index (χ2n) is 4.51. The number of amides is 1. The van der Waals surface area contributed by atoms with Gasteiger partial charge in [0.2, 0.25) is 5.91 Å². The van der Waals surface area contributed by atoms with E-state index >= 15 is 0 Å². The van der Waals surface area contributed by atoms with Gasteiger partial charge in [0.05, 0.1) is 0 Å². The van der Waals surface area contributed by atoms with E-state index < -0.39 is 0 Å². The van der Waals surface area contributed by atoms with E-state index in [1.807, 2.05) is 0 Å². The lowest BCUT2D eigenvalue weighted by atomic mass is 10.1. The summed E-state index contributed by atoms with van der Waals surface area (Å²) >= 11 is 3.39. The Morgan fingerprint density at radius 2 is 2.23 bits per heavy atom. The smallest absolute Gasteiger partial charge is 0.223 e. The van der Waals surface area contributed by atoms with Gasteiger partial charge in [-0.05, 0) is 18.3 Å². The molecule has 0 aromatic heterocycles. The van der Waals surface area contributed by atoms with E-state index in [4.69, 9.17) is 0 Å². The molecule has 13 heavy (non-hydrogen) atoms. The normalized spacial score (nSPS) is 26.6. The molecule has 76 valence electrons. The van der Waals surface area contributed by atoms with Crippen LogP contribution in [0.3, 0.4) is 0 Å². The van der Waals surface area contributed by atoms with Crippen molar-refractivity contribution in [2.24, 2.45) is 11.3 Å². The Morgan fingerprint density at radius 1 is 1.69 bits per heavy atom. The van der Waals surface area contributed by atoms with Crippen LogP contribution in [-0.4, -0.2) is 17.3 Å². The summed E-state index contributed by atoms with van der Waals surface area (Å²) < 4.78 is 0. The molecule has 2 unspecified atom stereocenters. The lowest BCUT2D eigenvalue weighted by Crippen LogP contribution is -2.37. The molecule has 0 bridgehead atoms. The van der Waals surface area contributed by atoms with E-state index in [2.05, 4.69) is 42.0 Å². The number of halogens is 1. The van der Waals surface area contributed by atoms with Crippen LogP contribution in [0, 0.1) is 11.3 Å². The summed E-state index contributed by atoms with van der Waals surface area (Å²) in [7, 11) is 0. The standard InChI is InChI=1S/C10H18BrNO/c1-4-7(6-11)12-9(13)8-5-10(8,2)3/h7-8H,4-6H2,1-3H3,(H,12,13). The van der Waals surface area contributed by atoms with Gasteiger partial charge in [-0.3, -0.25) is 4.79 Å². The van der Waals surface area contributed by atoms with E-state index in [-0.39, 0.29) is 17.2 Å². The highest BCUT2D eigenvalue weighted by molar-refractivity contribution is 9.09. The molecular formula is C10H18BrNO. The Kier molecular flexibility index (Phi) is 3.38. The molecule has 2 atom stereocenters. The minimum absolute atomic E-state index is 0.233. The zero-order valence-electron chi connectivity index (χ0n) is 8.56. The fraction of sp³-hybridized carbons (Fsp3) is 0.900. The quantitative estimate of drug-likeness (QED) is 0.760. The van der Waals surface area contributed by atoms with Crippen molar-refractivity contribution in [1.82, 2.24) is 5.32 Å². The molecule has 0 heterocycles. The van der Waals surface area contributed by atoms with Crippen LogP contribution in [0.15, 0.2) is 0 Å². The van der Waals surface area contributed by atoms with Gasteiger partial charge < -0.3 is 5.32 Å². The minimum atomic E-state index is 0.233. The highest BCUT2D eigenvalue weighted by Gasteiger charge is 2.50. The first-order valence-corrected chi connectivity index (χ1v) is 5.99. The maximum absolute atomic E-state index is 11.6. The van der Waals surface area contributed by atoms with Crippen molar-refractivity contribution in [3.8, 4) is 0 Å². The van der Waals surface area contributed by atoms with Crippen molar-refractivity contribution in [2.45, 2.75) is 39.7 Å². The average molecular weight is 248 g/mol. The number of rotatable bonds is 4. The summed E-state index contributed by atoms with van der Waals surface area (Å²) in [4.78, 5) is 11.6. The molecule has 0 spiro atoms. The van der Waals surface area contributed by atoms with E-state index in [0.29, 0.717) is 6.04 Å². The van der Waals surface area contributed by atoms with Gasteiger partial charge in [-0.1, -0.05) is 36.7 Å². The zero-order chi connectivity index (χ0) is 10.1. The van der Waals surface area contributed by atoms with Crippen LogP contribution in [-0.2, 0) is 4.79 Å². The van der Waals surface area contributed by atoms with Gasteiger partial charge in [0.1, 0.15) is 0 Å². The Morgan fingerprint density at radius 3 is 2.54 bits per heavy atom. The van der Waals surface area contributed by atoms with Crippen molar-refractivity contribution >= 4 is 21.8 Å². The third-order valence-electron chi connectivity index (χ3n) is 2.86. The molecule has 1 rings (SSSR count). The lowest BCUT2D eigenvalue weighted by Gasteiger charge is -2.14. The predicted octanol–water partition coefficient (Wildman–Crippen LogP) is 2.32. The van der Waals surface area contributed by atoms with Gasteiger partial charge in [0.25, 0.3) is 0 Å². The number of hydrogen-bond acceptors (Lipinski definition) is 1. The molecule has 0 aromatic carbocycles. The van der Waals surface area contributed by atoms with E-state index in [9.17, 15) is 4.79 Å². The number of hydrogen-bond donors (Lipinski definition) is 1. The first kappa shape index (κ1) is 11.0. The third-order valence-corrected chi connectivity index (χ3v) is 3.64. The summed E-state index contributed by atoms with van der Waals surface area (Å²) in [6.45, 7) is 6.38. The topological polar surface area (TPSA) is 29.1 Å². The Labute approximate surface area is 88.6 Å². The highest BCUT2D eigenvalue weighted by atomic mass is 79.9. The van der Waals surface area contributed by atoms with Gasteiger partial charge in [-0.25, -0.2) is 0 Å². The van der Waals surface area contributed by atoms with Crippen LogP contribution >= 0.6 is 15.9 Å². The Balaban J connectivity index is 2.34. The van der Waals surface area contributed by atoms with Crippen molar-refractivity contribution < 1.29 is 4.79 Å². The number of carbonyl (C=O) groups excluding carboxylic acids is 1. The second kappa shape index (κ2) is 3.99. The van der Waals surface area contributed by atoms with E-state index in [1.165, 1.54) is 0 Å². The Hall–Kier alpha value is -0.0500. The maximum atomic E-state index is 11.6. The maximum Gasteiger partial charge on any atom is 0.223 e. The molecule has 1 N–H and O–H groups in total. The predicted molar refractivity (Wildman–Crippen MR) is 57.9 cm³/mol. The van der Waals surface area contributed by atoms with Crippen molar-refractivity contribution in [1.29, 1.82) is 0 Å². The molecular weight excluding hydrogens is 230 g/mol. The highest BCUT2D eigenvalue weighted by Crippen LogP contribution is 2.51. The van der Waals surface area contributed by atoms with Gasteiger partial charge in [0.15, 0.2) is 0 Å². The number of carbonyl (C=O) groups is 1. The molecule has 1 saturated carbocycles. The molecule has 2 nitrogen and oxygen atoms in total. The van der Waals surface area contributed by atoms with Crippen LogP contribution in [0.4, 0.5) is 0 Å². The summed E-state index contributed by atoms with van der Waals surface area (Å²) in [5.41, 5.74) is 0.245. The van der Waals surface area contributed by atoms with Crippen molar-refractivity contribution in [3.63, 3.8) is 0 Å². The summed E-state index contributed by atoms with van der Waals surface area (Å²) in [5, 5.41) is 3.90. The molecule has 1 fully saturated rings. The van der Waals surface area contributed by atoms with Gasteiger partial charge in [-0.15, -0.1) is 0 Å². The van der Waals surface area contributed by atoms with Crippen molar-refractivity contribution in [2.75, 3.05) is 5.33 Å². The van der Waals surface area contributed by atoms with Gasteiger partial charge >= 0.3 is 0 Å². The molecule has 0 radical (unpaired) electrons. The number of nitrogens with one attached hydrogen (secondary N) is 1. The fourth-order valence-electron chi connectivity index (χ4n) is 1.47. The largest absolute Gasteiger partial charge is 0.352 e. The van der Waals surface area contributed by atoms with Crippen LogP contribution in [0.2, 0.25) is 0 Å². The minimum Gasteiger partial charge on any atom is -0.352 e. The van der Waals surface area contributed by atoms with Gasteiger partial charge in [-0.2, -0.15) is 0 Å². The zero-order valence-corrected chi connectivity index (χ0v) is 10.1. The monoisotopic (exact) mass is 247 g/mol. The first-order chi connectivity index (χ1) is 6.01. The molecule has 1 amide bonds. The molecule has 0 aromatic rings. The average Bonchev–Trinajstić information content (AvgIpc) is 2.70. The second-order valence-corrected chi connectivity index (χ2v) is 5.16. The molecule has 1 aliphatic carbocycles. The third kappa shape index (κ3) is 2.70. The SMILES string of the molecule is CCC(CBr)NC(=O)C1CC1(C)C. The summed E-state index contributed by atoms with van der Waals surface area (Å²) in [6.07, 6.45) is 2.03. The van der Waals surface area contributed by atoms with Crippen LogP contribution in [0.1, 0.15) is 33.6 Å².